The van der Waals surface area contributed by atoms with Gasteiger partial charge >= 0.3 is 8.68 Å². The number of hydrogen-bond acceptors (Lipinski definition) is 3. The van der Waals surface area contributed by atoms with Crippen molar-refractivity contribution in [2.24, 2.45) is 7.05 Å². The normalized spacial score (nSPS) is 14.8. The van der Waals surface area contributed by atoms with Crippen molar-refractivity contribution < 1.29 is 4.46 Å². The van der Waals surface area contributed by atoms with E-state index in [1.54, 1.807) is 18.2 Å². The average molecular weight is 340 g/mol. The molecule has 5 heteroatoms. The standard InChI is InChI=1S/C19H24N2O2Si/c1-13-10-14(12-21(2)19(13)22)17-11-16(24(3)23)8-9-18(17)20-15-6-4-5-7-15/h8-12,15,20H,4-7H2,1-3H3. The second kappa shape index (κ2) is 6.85. The number of benzene rings is 1. The Hall–Kier alpha value is -2.01. The first-order chi connectivity index (χ1) is 11.5. The lowest BCUT2D eigenvalue weighted by atomic mass is 10.0. The van der Waals surface area contributed by atoms with Crippen molar-refractivity contribution in [3.8, 4) is 11.1 Å². The lowest BCUT2D eigenvalue weighted by Gasteiger charge is -2.18. The molecule has 0 bridgehead atoms. The Kier molecular flexibility index (Phi) is 4.80. The zero-order valence-corrected chi connectivity index (χ0v) is 15.6. The predicted molar refractivity (Wildman–Crippen MR) is 99.7 cm³/mol. The Bertz CT molecular complexity index is 809. The van der Waals surface area contributed by atoms with E-state index >= 15 is 0 Å². The summed E-state index contributed by atoms with van der Waals surface area (Å²) in [5.41, 5.74) is 3.81. The van der Waals surface area contributed by atoms with Crippen molar-refractivity contribution >= 4 is 19.6 Å². The molecule has 0 amide bonds. The molecule has 0 saturated heterocycles. The second-order valence-corrected chi connectivity index (χ2v) is 8.46. The molecule has 0 unspecified atom stereocenters. The van der Waals surface area contributed by atoms with Gasteiger partial charge in [-0.3, -0.25) is 4.79 Å². The first-order valence-electron chi connectivity index (χ1n) is 8.55. The van der Waals surface area contributed by atoms with Gasteiger partial charge in [-0.05, 0) is 49.7 Å². The van der Waals surface area contributed by atoms with Gasteiger partial charge in [-0.15, -0.1) is 0 Å². The van der Waals surface area contributed by atoms with Gasteiger partial charge in [0.2, 0.25) is 0 Å². The van der Waals surface area contributed by atoms with E-state index in [0.717, 1.165) is 27.6 Å². The smallest absolute Gasteiger partial charge is 0.308 e. The molecule has 1 heterocycles. The molecule has 2 aromatic rings. The van der Waals surface area contributed by atoms with Crippen LogP contribution in [0.3, 0.4) is 0 Å². The number of anilines is 1. The van der Waals surface area contributed by atoms with Crippen molar-refractivity contribution in [3.63, 3.8) is 0 Å². The van der Waals surface area contributed by atoms with Crippen LogP contribution in [0.2, 0.25) is 6.55 Å². The number of pyridine rings is 1. The van der Waals surface area contributed by atoms with E-state index in [0.29, 0.717) is 6.04 Å². The maximum atomic E-state index is 12.0. The van der Waals surface area contributed by atoms with Crippen LogP contribution in [0, 0.1) is 6.92 Å². The monoisotopic (exact) mass is 340 g/mol. The maximum absolute atomic E-state index is 12.0. The summed E-state index contributed by atoms with van der Waals surface area (Å²) in [6.07, 6.45) is 6.79. The highest BCUT2D eigenvalue weighted by molar-refractivity contribution is 6.58. The summed E-state index contributed by atoms with van der Waals surface area (Å²) in [7, 11) is 0.0146. The molecule has 3 rings (SSSR count). The van der Waals surface area contributed by atoms with Crippen LogP contribution in [0.25, 0.3) is 11.1 Å². The van der Waals surface area contributed by atoms with Crippen LogP contribution in [0.4, 0.5) is 5.69 Å². The van der Waals surface area contributed by atoms with E-state index in [-0.39, 0.29) is 5.56 Å². The Balaban J connectivity index is 2.10. The molecular weight excluding hydrogens is 316 g/mol. The van der Waals surface area contributed by atoms with Gasteiger partial charge in [0.15, 0.2) is 0 Å². The summed E-state index contributed by atoms with van der Waals surface area (Å²) >= 11 is 0. The Morgan fingerprint density at radius 3 is 2.54 bits per heavy atom. The quantitative estimate of drug-likeness (QED) is 0.871. The third kappa shape index (κ3) is 3.41. The molecule has 1 aromatic carbocycles. The van der Waals surface area contributed by atoms with Gasteiger partial charge in [-0.25, -0.2) is 0 Å². The van der Waals surface area contributed by atoms with Crippen LogP contribution in [-0.4, -0.2) is 19.3 Å². The van der Waals surface area contributed by atoms with Crippen molar-refractivity contribution in [1.29, 1.82) is 0 Å². The lowest BCUT2D eigenvalue weighted by Crippen LogP contribution is -2.21. The third-order valence-corrected chi connectivity index (χ3v) is 5.94. The van der Waals surface area contributed by atoms with Crippen LogP contribution in [0.1, 0.15) is 31.2 Å². The van der Waals surface area contributed by atoms with Gasteiger partial charge in [0.05, 0.1) is 0 Å². The minimum absolute atomic E-state index is 0.0178. The van der Waals surface area contributed by atoms with Crippen LogP contribution >= 0.6 is 0 Å². The molecular formula is C19H24N2O2Si. The molecule has 1 aliphatic rings. The highest BCUT2D eigenvalue weighted by atomic mass is 28.3. The number of nitrogens with one attached hydrogen (secondary N) is 1. The fraction of sp³-hybridized carbons (Fsp3) is 0.421. The molecule has 0 spiro atoms. The lowest BCUT2D eigenvalue weighted by molar-refractivity contribution is 0.572. The van der Waals surface area contributed by atoms with Gasteiger partial charge in [-0.2, -0.15) is 0 Å². The molecule has 1 saturated carbocycles. The molecule has 1 fully saturated rings. The van der Waals surface area contributed by atoms with Crippen LogP contribution < -0.4 is 16.1 Å². The average Bonchev–Trinajstić information content (AvgIpc) is 3.05. The summed E-state index contributed by atoms with van der Waals surface area (Å²) in [5, 5.41) is 4.52. The molecule has 1 N–H and O–H groups in total. The van der Waals surface area contributed by atoms with E-state index < -0.39 is 8.68 Å². The largest absolute Gasteiger partial charge is 0.383 e. The topological polar surface area (TPSA) is 51.1 Å². The minimum atomic E-state index is -1.76. The number of nitrogens with zero attached hydrogens (tertiary/aromatic N) is 1. The van der Waals surface area contributed by atoms with Crippen molar-refractivity contribution in [2.45, 2.75) is 45.2 Å². The molecule has 4 nitrogen and oxygen atoms in total. The van der Waals surface area contributed by atoms with E-state index in [4.69, 9.17) is 0 Å². The van der Waals surface area contributed by atoms with E-state index in [1.807, 2.05) is 37.4 Å². The van der Waals surface area contributed by atoms with Gasteiger partial charge in [0.25, 0.3) is 5.56 Å². The van der Waals surface area contributed by atoms with Crippen LogP contribution in [0.15, 0.2) is 35.3 Å². The number of hydrogen-bond donors (Lipinski definition) is 1. The van der Waals surface area contributed by atoms with Gasteiger partial charge in [-0.1, -0.05) is 18.9 Å². The fourth-order valence-corrected chi connectivity index (χ4v) is 4.11. The van der Waals surface area contributed by atoms with Crippen molar-refractivity contribution in [1.82, 2.24) is 4.57 Å². The second-order valence-electron chi connectivity index (χ2n) is 6.77. The SMILES string of the molecule is Cc1cc(-c2cc([Si](C)=O)ccc2NC2CCCC2)cn(C)c1=O. The highest BCUT2D eigenvalue weighted by Crippen LogP contribution is 2.30. The number of aromatic nitrogens is 1. The molecule has 0 atom stereocenters. The van der Waals surface area contributed by atoms with E-state index in [1.165, 1.54) is 25.7 Å². The predicted octanol–water partition coefficient (Wildman–Crippen LogP) is 2.97. The van der Waals surface area contributed by atoms with Gasteiger partial charge < -0.3 is 14.3 Å². The molecule has 24 heavy (non-hydrogen) atoms. The summed E-state index contributed by atoms with van der Waals surface area (Å²) in [4.78, 5) is 12.0. The van der Waals surface area contributed by atoms with Crippen molar-refractivity contribution in [3.05, 3.63) is 46.4 Å². The zero-order chi connectivity index (χ0) is 17.3. The summed E-state index contributed by atoms with van der Waals surface area (Å²) in [6, 6.07) is 8.43. The molecule has 1 aromatic heterocycles. The highest BCUT2D eigenvalue weighted by Gasteiger charge is 2.18. The number of rotatable bonds is 4. The Labute approximate surface area is 144 Å². The molecule has 126 valence electrons. The Morgan fingerprint density at radius 1 is 1.21 bits per heavy atom. The molecule has 0 radical (unpaired) electrons. The summed E-state index contributed by atoms with van der Waals surface area (Å²) < 4.78 is 13.6. The summed E-state index contributed by atoms with van der Waals surface area (Å²) in [5.74, 6) is 0. The third-order valence-electron chi connectivity index (χ3n) is 4.81. The first-order valence-corrected chi connectivity index (χ1v) is 10.5. The van der Waals surface area contributed by atoms with Crippen LogP contribution in [-0.2, 0) is 11.5 Å². The molecule has 0 aliphatic heterocycles. The first kappa shape index (κ1) is 16.8. The maximum Gasteiger partial charge on any atom is 0.308 e. The zero-order valence-electron chi connectivity index (χ0n) is 14.6. The van der Waals surface area contributed by atoms with Gasteiger partial charge in [0.1, 0.15) is 0 Å². The summed E-state index contributed by atoms with van der Waals surface area (Å²) in [6.45, 7) is 3.60. The molecule has 1 aliphatic carbocycles. The van der Waals surface area contributed by atoms with Crippen LogP contribution in [0.5, 0.6) is 0 Å². The van der Waals surface area contributed by atoms with E-state index in [2.05, 4.69) is 5.32 Å². The van der Waals surface area contributed by atoms with Gasteiger partial charge in [0, 0.05) is 41.7 Å². The minimum Gasteiger partial charge on any atom is -0.383 e. The fourth-order valence-electron chi connectivity index (χ4n) is 3.44. The number of aryl methyl sites for hydroxylation is 2. The van der Waals surface area contributed by atoms with E-state index in [9.17, 15) is 9.26 Å². The van der Waals surface area contributed by atoms with Crippen molar-refractivity contribution in [2.75, 3.05) is 5.32 Å². The Morgan fingerprint density at radius 2 is 1.92 bits per heavy atom.